The fraction of sp³-hybridized carbons (Fsp3) is 0.381. The number of amides is 1. The molecule has 1 aromatic carbocycles. The van der Waals surface area contributed by atoms with Gasteiger partial charge < -0.3 is 4.90 Å². The van der Waals surface area contributed by atoms with Crippen LogP contribution < -0.4 is 0 Å². The number of nitrogens with one attached hydrogen (secondary N) is 1. The zero-order valence-electron chi connectivity index (χ0n) is 15.8. The average molecular weight is 376 g/mol. The van der Waals surface area contributed by atoms with E-state index in [1.165, 1.54) is 5.56 Å². The second kappa shape index (κ2) is 8.73. The van der Waals surface area contributed by atoms with E-state index in [-0.39, 0.29) is 11.9 Å². The molecule has 0 saturated carbocycles. The molecule has 0 radical (unpaired) electrons. The van der Waals surface area contributed by atoms with Crippen molar-refractivity contribution in [1.29, 1.82) is 0 Å². The lowest BCUT2D eigenvalue weighted by Crippen LogP contribution is -2.39. The average Bonchev–Trinajstić information content (AvgIpc) is 3.25. The molecular formula is C21H24N6O. The standard InChI is InChI=1S/C21H24N6O/c28-19(11-6-9-16-7-2-1-3-8-16)27-14-5-4-10-18(27)21-24-20(25-26-21)17-15-22-12-13-23-17/h1-3,7-8,12-13,15,18H,4-6,9-11,14H2,(H,24,25,26). The Morgan fingerprint density at radius 1 is 1.18 bits per heavy atom. The molecule has 3 heterocycles. The molecule has 4 rings (SSSR count). The van der Waals surface area contributed by atoms with Crippen molar-refractivity contribution in [3.05, 3.63) is 60.3 Å². The number of carbonyl (C=O) groups is 1. The fourth-order valence-electron chi connectivity index (χ4n) is 3.70. The molecule has 1 aliphatic rings. The van der Waals surface area contributed by atoms with Crippen molar-refractivity contribution in [2.24, 2.45) is 0 Å². The van der Waals surface area contributed by atoms with Crippen LogP contribution in [0, 0.1) is 0 Å². The molecule has 7 nitrogen and oxygen atoms in total. The van der Waals surface area contributed by atoms with E-state index in [1.807, 2.05) is 23.1 Å². The number of benzene rings is 1. The van der Waals surface area contributed by atoms with E-state index < -0.39 is 0 Å². The Morgan fingerprint density at radius 2 is 2.07 bits per heavy atom. The smallest absolute Gasteiger partial charge is 0.223 e. The first kappa shape index (κ1) is 18.3. The van der Waals surface area contributed by atoms with E-state index in [0.717, 1.165) is 44.5 Å². The highest BCUT2D eigenvalue weighted by molar-refractivity contribution is 5.76. The van der Waals surface area contributed by atoms with Crippen LogP contribution in [0.25, 0.3) is 11.5 Å². The van der Waals surface area contributed by atoms with Gasteiger partial charge in [-0.25, -0.2) is 9.97 Å². The molecule has 1 amide bonds. The van der Waals surface area contributed by atoms with Gasteiger partial charge in [0.15, 0.2) is 0 Å². The van der Waals surface area contributed by atoms with Gasteiger partial charge >= 0.3 is 0 Å². The molecule has 144 valence electrons. The van der Waals surface area contributed by atoms with Crippen molar-refractivity contribution in [2.75, 3.05) is 6.54 Å². The van der Waals surface area contributed by atoms with Crippen molar-refractivity contribution >= 4 is 5.91 Å². The minimum absolute atomic E-state index is 0.0455. The summed E-state index contributed by atoms with van der Waals surface area (Å²) in [4.78, 5) is 27.8. The van der Waals surface area contributed by atoms with Crippen molar-refractivity contribution in [3.8, 4) is 11.5 Å². The van der Waals surface area contributed by atoms with Crippen LogP contribution in [0.3, 0.4) is 0 Å². The predicted octanol–water partition coefficient (Wildman–Crippen LogP) is 3.34. The van der Waals surface area contributed by atoms with E-state index >= 15 is 0 Å². The summed E-state index contributed by atoms with van der Waals surface area (Å²) >= 11 is 0. The number of rotatable bonds is 6. The molecule has 2 aromatic heterocycles. The third kappa shape index (κ3) is 4.24. The lowest BCUT2D eigenvalue weighted by atomic mass is 10.00. The number of aromatic amines is 1. The minimum atomic E-state index is -0.0455. The van der Waals surface area contributed by atoms with Gasteiger partial charge in [0.1, 0.15) is 11.5 Å². The first-order valence-corrected chi connectivity index (χ1v) is 9.83. The number of H-pyrrole nitrogens is 1. The van der Waals surface area contributed by atoms with Gasteiger partial charge in [-0.2, -0.15) is 5.10 Å². The molecular weight excluding hydrogens is 352 g/mol. The van der Waals surface area contributed by atoms with Crippen LogP contribution >= 0.6 is 0 Å². The maximum Gasteiger partial charge on any atom is 0.223 e. The number of hydrogen-bond donors (Lipinski definition) is 1. The number of carbonyl (C=O) groups excluding carboxylic acids is 1. The zero-order chi connectivity index (χ0) is 19.2. The monoisotopic (exact) mass is 376 g/mol. The van der Waals surface area contributed by atoms with E-state index in [0.29, 0.717) is 17.9 Å². The van der Waals surface area contributed by atoms with Crippen LogP contribution in [0.1, 0.15) is 49.5 Å². The summed E-state index contributed by atoms with van der Waals surface area (Å²) < 4.78 is 0. The third-order valence-electron chi connectivity index (χ3n) is 5.13. The molecule has 1 atom stereocenters. The van der Waals surface area contributed by atoms with Gasteiger partial charge in [-0.3, -0.25) is 14.9 Å². The second-order valence-electron chi connectivity index (χ2n) is 7.07. The largest absolute Gasteiger partial charge is 0.332 e. The number of aryl methyl sites for hydroxylation is 1. The number of piperidine rings is 1. The summed E-state index contributed by atoms with van der Waals surface area (Å²) in [6.45, 7) is 0.774. The van der Waals surface area contributed by atoms with Crippen molar-refractivity contribution in [1.82, 2.24) is 30.0 Å². The molecule has 0 bridgehead atoms. The van der Waals surface area contributed by atoms with E-state index in [9.17, 15) is 4.79 Å². The molecule has 7 heteroatoms. The van der Waals surface area contributed by atoms with Gasteiger partial charge in [0, 0.05) is 25.4 Å². The molecule has 0 spiro atoms. The van der Waals surface area contributed by atoms with Crippen LogP contribution in [0.2, 0.25) is 0 Å². The summed E-state index contributed by atoms with van der Waals surface area (Å²) in [7, 11) is 0. The number of hydrogen-bond acceptors (Lipinski definition) is 5. The molecule has 28 heavy (non-hydrogen) atoms. The van der Waals surface area contributed by atoms with Gasteiger partial charge in [0.2, 0.25) is 11.7 Å². The van der Waals surface area contributed by atoms with Crippen molar-refractivity contribution in [2.45, 2.75) is 44.6 Å². The third-order valence-corrected chi connectivity index (χ3v) is 5.13. The first-order valence-electron chi connectivity index (χ1n) is 9.83. The lowest BCUT2D eigenvalue weighted by molar-refractivity contribution is -0.135. The maximum atomic E-state index is 12.9. The SMILES string of the molecule is O=C(CCCc1ccccc1)N1CCCCC1c1nc(-c2cnccn2)n[nH]1. The Hall–Kier alpha value is -3.09. The topological polar surface area (TPSA) is 87.7 Å². The summed E-state index contributed by atoms with van der Waals surface area (Å²) in [5.74, 6) is 1.44. The molecule has 1 saturated heterocycles. The Morgan fingerprint density at radius 3 is 2.89 bits per heavy atom. The van der Waals surface area contributed by atoms with Crippen molar-refractivity contribution < 1.29 is 4.79 Å². The van der Waals surface area contributed by atoms with Crippen LogP contribution in [0.15, 0.2) is 48.9 Å². The Bertz CT molecular complexity index is 896. The Balaban J connectivity index is 1.41. The van der Waals surface area contributed by atoms with Crippen LogP contribution in [-0.2, 0) is 11.2 Å². The molecule has 1 fully saturated rings. The Labute approximate surface area is 164 Å². The first-order chi connectivity index (χ1) is 13.8. The maximum absolute atomic E-state index is 12.9. The number of aromatic nitrogens is 5. The quantitative estimate of drug-likeness (QED) is 0.713. The molecule has 1 aliphatic heterocycles. The molecule has 3 aromatic rings. The van der Waals surface area contributed by atoms with Crippen LogP contribution in [0.5, 0.6) is 0 Å². The van der Waals surface area contributed by atoms with Gasteiger partial charge in [0.25, 0.3) is 0 Å². The van der Waals surface area contributed by atoms with Gasteiger partial charge in [-0.15, -0.1) is 0 Å². The number of likely N-dealkylation sites (tertiary alicyclic amines) is 1. The molecule has 1 unspecified atom stereocenters. The van der Waals surface area contributed by atoms with Gasteiger partial charge in [0.05, 0.1) is 12.2 Å². The highest BCUT2D eigenvalue weighted by Crippen LogP contribution is 2.30. The summed E-state index contributed by atoms with van der Waals surface area (Å²) in [6, 6.07) is 10.3. The van der Waals surface area contributed by atoms with Gasteiger partial charge in [-0.1, -0.05) is 30.3 Å². The normalized spacial score (nSPS) is 16.9. The van der Waals surface area contributed by atoms with Crippen molar-refractivity contribution in [3.63, 3.8) is 0 Å². The highest BCUT2D eigenvalue weighted by atomic mass is 16.2. The van der Waals surface area contributed by atoms with Crippen LogP contribution in [0.4, 0.5) is 0 Å². The minimum Gasteiger partial charge on any atom is -0.332 e. The van der Waals surface area contributed by atoms with E-state index in [1.54, 1.807) is 18.6 Å². The van der Waals surface area contributed by atoms with E-state index in [2.05, 4.69) is 37.3 Å². The summed E-state index contributed by atoms with van der Waals surface area (Å²) in [5.41, 5.74) is 1.90. The molecule has 0 aliphatic carbocycles. The fourth-order valence-corrected chi connectivity index (χ4v) is 3.70. The van der Waals surface area contributed by atoms with Gasteiger partial charge in [-0.05, 0) is 37.7 Å². The number of nitrogens with zero attached hydrogens (tertiary/aromatic N) is 5. The van der Waals surface area contributed by atoms with E-state index in [4.69, 9.17) is 0 Å². The summed E-state index contributed by atoms with van der Waals surface area (Å²) in [5, 5.41) is 7.30. The lowest BCUT2D eigenvalue weighted by Gasteiger charge is -2.34. The predicted molar refractivity (Wildman–Crippen MR) is 105 cm³/mol. The molecule has 1 N–H and O–H groups in total. The summed E-state index contributed by atoms with van der Waals surface area (Å²) in [6.07, 6.45) is 10.2. The Kier molecular flexibility index (Phi) is 5.70. The second-order valence-corrected chi connectivity index (χ2v) is 7.07. The highest BCUT2D eigenvalue weighted by Gasteiger charge is 2.30. The van der Waals surface area contributed by atoms with Crippen LogP contribution in [-0.4, -0.2) is 42.5 Å². The zero-order valence-corrected chi connectivity index (χ0v) is 15.8.